The normalized spacial score (nSPS) is 15.2. The van der Waals surface area contributed by atoms with Gasteiger partial charge < -0.3 is 0 Å². The van der Waals surface area contributed by atoms with Gasteiger partial charge >= 0.3 is 0 Å². The molecule has 1 unspecified atom stereocenters. The minimum absolute atomic E-state index is 0.451. The van der Waals surface area contributed by atoms with Crippen molar-refractivity contribution in [1.29, 1.82) is 0 Å². The second-order valence-electron chi connectivity index (χ2n) is 11.7. The van der Waals surface area contributed by atoms with E-state index in [0.29, 0.717) is 0 Å². The van der Waals surface area contributed by atoms with Gasteiger partial charge in [0.15, 0.2) is 0 Å². The van der Waals surface area contributed by atoms with Gasteiger partial charge in [0.05, 0.1) is 22.1 Å². The van der Waals surface area contributed by atoms with Gasteiger partial charge in [0.25, 0.3) is 0 Å². The number of aromatic nitrogens is 3. The Morgan fingerprint density at radius 2 is 1.18 bits per heavy atom. The molecule has 3 heteroatoms. The third-order valence-electron chi connectivity index (χ3n) is 9.27. The van der Waals surface area contributed by atoms with E-state index in [0.717, 1.165) is 38.6 Å². The van der Waals surface area contributed by atoms with Crippen LogP contribution in [0.1, 0.15) is 22.3 Å². The highest BCUT2D eigenvalue weighted by Crippen LogP contribution is 2.56. The van der Waals surface area contributed by atoms with E-state index in [1.807, 2.05) is 30.7 Å². The highest BCUT2D eigenvalue weighted by molar-refractivity contribution is 6.03. The molecular weight excluding hydrogens is 546 g/mol. The molecule has 0 amide bonds. The largest absolute Gasteiger partial charge is 0.264 e. The van der Waals surface area contributed by atoms with E-state index in [-0.39, 0.29) is 0 Å². The Morgan fingerprint density at radius 1 is 0.444 bits per heavy atom. The first-order valence-corrected chi connectivity index (χ1v) is 15.3. The SMILES string of the molecule is c1ccc(C2(c3cccnc3)c3ccccc3-c3cc(-c4cccc(-c5ccc6ccc7cccnc7c6n5)c4)ccc32)cc1. The maximum Gasteiger partial charge on any atom is 0.0972 e. The zero-order chi connectivity index (χ0) is 29.8. The first kappa shape index (κ1) is 25.6. The van der Waals surface area contributed by atoms with Crippen molar-refractivity contribution in [2.24, 2.45) is 0 Å². The molecule has 0 N–H and O–H groups in total. The summed E-state index contributed by atoms with van der Waals surface area (Å²) < 4.78 is 0. The quantitative estimate of drug-likeness (QED) is 0.197. The number of pyridine rings is 3. The van der Waals surface area contributed by atoms with E-state index in [1.54, 1.807) is 0 Å². The lowest BCUT2D eigenvalue weighted by Gasteiger charge is -2.33. The second-order valence-corrected chi connectivity index (χ2v) is 11.7. The Hall–Kier alpha value is -5.93. The van der Waals surface area contributed by atoms with Gasteiger partial charge in [-0.05, 0) is 74.8 Å². The summed E-state index contributed by atoms with van der Waals surface area (Å²) in [7, 11) is 0. The summed E-state index contributed by atoms with van der Waals surface area (Å²) in [5.74, 6) is 0. The summed E-state index contributed by atoms with van der Waals surface area (Å²) in [5.41, 5.74) is 13.2. The van der Waals surface area contributed by atoms with E-state index < -0.39 is 5.41 Å². The van der Waals surface area contributed by atoms with Gasteiger partial charge in [-0.25, -0.2) is 4.98 Å². The molecule has 1 aliphatic rings. The standard InChI is InChI=1S/C42H27N3/c1-2-12-33(13-3-1)42(34-14-8-23-43-27-34)37-16-5-4-15-35(37)36-26-31(19-21-38(36)42)30-9-6-10-32(25-30)39-22-20-29-18-17-28-11-7-24-44-40(28)41(29)45-39/h1-27H. The Bertz CT molecular complexity index is 2340. The molecule has 3 heterocycles. The van der Waals surface area contributed by atoms with Gasteiger partial charge in [0, 0.05) is 34.9 Å². The fraction of sp³-hybridized carbons (Fsp3) is 0.0238. The second kappa shape index (κ2) is 10.1. The van der Waals surface area contributed by atoms with Crippen LogP contribution < -0.4 is 0 Å². The summed E-state index contributed by atoms with van der Waals surface area (Å²) in [6.07, 6.45) is 5.71. The van der Waals surface area contributed by atoms with Gasteiger partial charge in [0.1, 0.15) is 0 Å². The fourth-order valence-electron chi connectivity index (χ4n) is 7.27. The van der Waals surface area contributed by atoms with Crippen molar-refractivity contribution in [3.63, 3.8) is 0 Å². The van der Waals surface area contributed by atoms with E-state index in [9.17, 15) is 0 Å². The smallest absolute Gasteiger partial charge is 0.0972 e. The fourth-order valence-corrected chi connectivity index (χ4v) is 7.27. The van der Waals surface area contributed by atoms with Crippen molar-refractivity contribution in [3.05, 3.63) is 186 Å². The average molecular weight is 574 g/mol. The van der Waals surface area contributed by atoms with Crippen LogP contribution in [-0.4, -0.2) is 15.0 Å². The van der Waals surface area contributed by atoms with Gasteiger partial charge in [-0.15, -0.1) is 0 Å². The molecule has 210 valence electrons. The van der Waals surface area contributed by atoms with E-state index in [2.05, 4.69) is 143 Å². The molecular formula is C42H27N3. The molecule has 0 radical (unpaired) electrons. The number of hydrogen-bond donors (Lipinski definition) is 0. The number of nitrogens with zero attached hydrogens (tertiary/aromatic N) is 3. The first-order chi connectivity index (χ1) is 22.3. The van der Waals surface area contributed by atoms with Gasteiger partial charge in [-0.1, -0.05) is 115 Å². The van der Waals surface area contributed by atoms with E-state index in [1.165, 1.54) is 38.9 Å². The van der Waals surface area contributed by atoms with Crippen LogP contribution in [0.2, 0.25) is 0 Å². The minimum Gasteiger partial charge on any atom is -0.264 e. The molecule has 0 bridgehead atoms. The van der Waals surface area contributed by atoms with Crippen molar-refractivity contribution in [2.75, 3.05) is 0 Å². The lowest BCUT2D eigenvalue weighted by atomic mass is 9.68. The van der Waals surface area contributed by atoms with Gasteiger partial charge in [-0.3, -0.25) is 9.97 Å². The maximum absolute atomic E-state index is 5.11. The Balaban J connectivity index is 1.21. The molecule has 0 fully saturated rings. The first-order valence-electron chi connectivity index (χ1n) is 15.3. The lowest BCUT2D eigenvalue weighted by molar-refractivity contribution is 0.763. The molecule has 3 aromatic heterocycles. The summed E-state index contributed by atoms with van der Waals surface area (Å²) >= 11 is 0. The molecule has 0 aliphatic heterocycles. The van der Waals surface area contributed by atoms with Crippen molar-refractivity contribution in [2.45, 2.75) is 5.41 Å². The molecule has 5 aromatic carbocycles. The molecule has 8 aromatic rings. The van der Waals surface area contributed by atoms with Gasteiger partial charge in [-0.2, -0.15) is 0 Å². The highest BCUT2D eigenvalue weighted by atomic mass is 14.8. The van der Waals surface area contributed by atoms with Crippen LogP contribution in [-0.2, 0) is 5.41 Å². The van der Waals surface area contributed by atoms with Crippen LogP contribution >= 0.6 is 0 Å². The summed E-state index contributed by atoms with van der Waals surface area (Å²) in [6, 6.07) is 52.1. The molecule has 9 rings (SSSR count). The monoisotopic (exact) mass is 573 g/mol. The highest BCUT2D eigenvalue weighted by Gasteiger charge is 2.46. The topological polar surface area (TPSA) is 38.7 Å². The number of fused-ring (bicyclic) bond motifs is 6. The predicted molar refractivity (Wildman–Crippen MR) is 183 cm³/mol. The van der Waals surface area contributed by atoms with Crippen LogP contribution in [0, 0.1) is 0 Å². The number of rotatable bonds is 4. The number of benzene rings is 5. The van der Waals surface area contributed by atoms with Crippen molar-refractivity contribution >= 4 is 21.8 Å². The molecule has 0 saturated carbocycles. The molecule has 1 atom stereocenters. The molecule has 0 saturated heterocycles. The summed E-state index contributed by atoms with van der Waals surface area (Å²) in [4.78, 5) is 14.3. The molecule has 0 spiro atoms. The maximum atomic E-state index is 5.11. The lowest BCUT2D eigenvalue weighted by Crippen LogP contribution is -2.28. The van der Waals surface area contributed by atoms with Crippen LogP contribution in [0.3, 0.4) is 0 Å². The zero-order valence-electron chi connectivity index (χ0n) is 24.4. The molecule has 1 aliphatic carbocycles. The van der Waals surface area contributed by atoms with E-state index >= 15 is 0 Å². The Morgan fingerprint density at radius 3 is 2.07 bits per heavy atom. The number of hydrogen-bond acceptors (Lipinski definition) is 3. The summed E-state index contributed by atoms with van der Waals surface area (Å²) in [6.45, 7) is 0. The Kier molecular flexibility index (Phi) is 5.72. The average Bonchev–Trinajstić information content (AvgIpc) is 3.42. The zero-order valence-corrected chi connectivity index (χ0v) is 24.4. The van der Waals surface area contributed by atoms with E-state index in [4.69, 9.17) is 4.98 Å². The third-order valence-corrected chi connectivity index (χ3v) is 9.27. The van der Waals surface area contributed by atoms with Crippen LogP contribution in [0.5, 0.6) is 0 Å². The van der Waals surface area contributed by atoms with Crippen molar-refractivity contribution in [1.82, 2.24) is 15.0 Å². The van der Waals surface area contributed by atoms with Crippen LogP contribution in [0.15, 0.2) is 164 Å². The summed E-state index contributed by atoms with van der Waals surface area (Å²) in [5, 5.41) is 2.19. The molecule has 45 heavy (non-hydrogen) atoms. The third kappa shape index (κ3) is 3.87. The molecule has 3 nitrogen and oxygen atoms in total. The minimum atomic E-state index is -0.451. The van der Waals surface area contributed by atoms with Crippen LogP contribution in [0.25, 0.3) is 55.3 Å². The van der Waals surface area contributed by atoms with Crippen LogP contribution in [0.4, 0.5) is 0 Å². The predicted octanol–water partition coefficient (Wildman–Crippen LogP) is 9.88. The van der Waals surface area contributed by atoms with Gasteiger partial charge in [0.2, 0.25) is 0 Å². The Labute approximate surface area is 261 Å². The van der Waals surface area contributed by atoms with Crippen molar-refractivity contribution in [3.8, 4) is 33.5 Å². The van der Waals surface area contributed by atoms with Crippen molar-refractivity contribution < 1.29 is 0 Å².